The Morgan fingerprint density at radius 1 is 0.933 bits per heavy atom. The van der Waals surface area contributed by atoms with Crippen LogP contribution >= 0.6 is 0 Å². The molecule has 0 aromatic heterocycles. The molecule has 0 N–H and O–H groups in total. The predicted octanol–water partition coefficient (Wildman–Crippen LogP) is 2.14. The number of nitro groups is 1. The number of rotatable bonds is 4. The summed E-state index contributed by atoms with van der Waals surface area (Å²) < 4.78 is 5.24. The zero-order valence-electron chi connectivity index (χ0n) is 16.3. The molecule has 3 heterocycles. The minimum Gasteiger partial charge on any atom is -0.497 e. The first-order valence-corrected chi connectivity index (χ1v) is 9.80. The number of anilines is 1. The molecule has 0 saturated carbocycles. The third kappa shape index (κ3) is 2.62. The van der Waals surface area contributed by atoms with Crippen LogP contribution < -0.4 is 9.64 Å². The number of fused-ring (bicyclic) bond motifs is 3. The second-order valence-electron chi connectivity index (χ2n) is 7.65. The molecule has 3 aliphatic rings. The molecule has 5 rings (SSSR count). The van der Waals surface area contributed by atoms with Crippen LogP contribution in [0.25, 0.3) is 0 Å². The molecular formula is C21H20N4O5. The Kier molecular flexibility index (Phi) is 4.30. The molecule has 3 atom stereocenters. The van der Waals surface area contributed by atoms with Crippen LogP contribution in [0.1, 0.15) is 18.0 Å². The maximum Gasteiger partial charge on any atom is 0.269 e. The van der Waals surface area contributed by atoms with E-state index >= 15 is 0 Å². The molecule has 0 spiro atoms. The van der Waals surface area contributed by atoms with Gasteiger partial charge in [0.05, 0.1) is 29.7 Å². The highest BCUT2D eigenvalue weighted by atomic mass is 16.6. The molecule has 0 aliphatic carbocycles. The van der Waals surface area contributed by atoms with Crippen molar-refractivity contribution in [3.8, 4) is 5.75 Å². The van der Waals surface area contributed by atoms with Crippen molar-refractivity contribution in [3.63, 3.8) is 0 Å². The summed E-state index contributed by atoms with van der Waals surface area (Å²) >= 11 is 0. The molecule has 3 fully saturated rings. The number of hydrogen-bond acceptors (Lipinski definition) is 7. The van der Waals surface area contributed by atoms with E-state index in [9.17, 15) is 19.7 Å². The average molecular weight is 408 g/mol. The fourth-order valence-electron chi connectivity index (χ4n) is 4.89. The third-order valence-corrected chi connectivity index (χ3v) is 6.18. The van der Waals surface area contributed by atoms with Crippen LogP contribution in [0.4, 0.5) is 11.4 Å². The minimum atomic E-state index is -0.553. The van der Waals surface area contributed by atoms with Crippen LogP contribution in [0.2, 0.25) is 0 Å². The number of carbonyl (C=O) groups excluding carboxylic acids is 2. The number of non-ortho nitro benzene ring substituents is 1. The van der Waals surface area contributed by atoms with Gasteiger partial charge in [-0.15, -0.1) is 0 Å². The highest BCUT2D eigenvalue weighted by Crippen LogP contribution is 2.49. The number of imide groups is 1. The smallest absolute Gasteiger partial charge is 0.269 e. The number of nitro benzene ring substituents is 1. The van der Waals surface area contributed by atoms with Gasteiger partial charge in [-0.2, -0.15) is 0 Å². The second kappa shape index (κ2) is 6.89. The van der Waals surface area contributed by atoms with Gasteiger partial charge in [0.1, 0.15) is 11.8 Å². The predicted molar refractivity (Wildman–Crippen MR) is 107 cm³/mol. The van der Waals surface area contributed by atoms with Gasteiger partial charge in [0, 0.05) is 25.2 Å². The van der Waals surface area contributed by atoms with E-state index < -0.39 is 16.9 Å². The van der Waals surface area contributed by atoms with E-state index in [1.165, 1.54) is 29.2 Å². The quantitative estimate of drug-likeness (QED) is 0.434. The van der Waals surface area contributed by atoms with Gasteiger partial charge < -0.3 is 4.74 Å². The molecule has 2 aromatic rings. The normalized spacial score (nSPS) is 26.2. The lowest BCUT2D eigenvalue weighted by molar-refractivity contribution is -0.384. The van der Waals surface area contributed by atoms with E-state index in [0.29, 0.717) is 5.69 Å². The number of nitrogens with zero attached hydrogens (tertiary/aromatic N) is 4. The zero-order chi connectivity index (χ0) is 21.0. The zero-order valence-corrected chi connectivity index (χ0v) is 16.3. The SMILES string of the molecule is COc1ccc([C@@H]2[C@H]3C(=O)N(c4ccc([N+](=O)[O-])cc4)C(=O)[C@H]3N3CCCN23)cc1. The summed E-state index contributed by atoms with van der Waals surface area (Å²) in [5.41, 5.74) is 1.24. The first-order chi connectivity index (χ1) is 14.5. The van der Waals surface area contributed by atoms with Gasteiger partial charge in [-0.25, -0.2) is 14.9 Å². The second-order valence-corrected chi connectivity index (χ2v) is 7.65. The van der Waals surface area contributed by atoms with Crippen LogP contribution in [0.5, 0.6) is 5.75 Å². The summed E-state index contributed by atoms with van der Waals surface area (Å²) in [6.07, 6.45) is 0.925. The fraction of sp³-hybridized carbons (Fsp3) is 0.333. The van der Waals surface area contributed by atoms with Gasteiger partial charge in [-0.05, 0) is 36.2 Å². The molecule has 0 bridgehead atoms. The van der Waals surface area contributed by atoms with Gasteiger partial charge >= 0.3 is 0 Å². The molecule has 2 aromatic carbocycles. The number of ether oxygens (including phenoxy) is 1. The van der Waals surface area contributed by atoms with Crippen LogP contribution in [0.15, 0.2) is 48.5 Å². The molecule has 154 valence electrons. The van der Waals surface area contributed by atoms with Crippen molar-refractivity contribution in [2.24, 2.45) is 5.92 Å². The molecule has 30 heavy (non-hydrogen) atoms. The van der Waals surface area contributed by atoms with E-state index in [0.717, 1.165) is 30.8 Å². The van der Waals surface area contributed by atoms with Crippen molar-refractivity contribution in [2.75, 3.05) is 25.1 Å². The average Bonchev–Trinajstić information content (AvgIpc) is 3.40. The van der Waals surface area contributed by atoms with Crippen molar-refractivity contribution in [1.29, 1.82) is 0 Å². The third-order valence-electron chi connectivity index (χ3n) is 6.18. The van der Waals surface area contributed by atoms with E-state index in [1.54, 1.807) is 7.11 Å². The number of amides is 2. The van der Waals surface area contributed by atoms with Crippen molar-refractivity contribution in [1.82, 2.24) is 10.0 Å². The summed E-state index contributed by atoms with van der Waals surface area (Å²) in [7, 11) is 1.60. The van der Waals surface area contributed by atoms with Gasteiger partial charge in [0.25, 0.3) is 11.6 Å². The maximum atomic E-state index is 13.4. The van der Waals surface area contributed by atoms with Crippen molar-refractivity contribution < 1.29 is 19.2 Å². The Balaban J connectivity index is 1.52. The lowest BCUT2D eigenvalue weighted by Crippen LogP contribution is -2.44. The Labute approximate surface area is 172 Å². The lowest BCUT2D eigenvalue weighted by Gasteiger charge is -2.29. The Hall–Kier alpha value is -3.30. The number of methoxy groups -OCH3 is 1. The van der Waals surface area contributed by atoms with Crippen LogP contribution in [0, 0.1) is 16.0 Å². The highest BCUT2D eigenvalue weighted by molar-refractivity contribution is 6.24. The topological polar surface area (TPSA) is 96.2 Å². The minimum absolute atomic E-state index is 0.0835. The molecule has 2 amide bonds. The number of benzene rings is 2. The standard InChI is InChI=1S/C21H20N4O5/c1-30-16-9-3-13(4-10-16)18-17-19(23-12-2-11-22(18)23)21(27)24(20(17)26)14-5-7-15(8-6-14)25(28)29/h3-10,17-19H,2,11-12H2,1H3/t17-,18-,19+/m1/s1. The molecule has 9 nitrogen and oxygen atoms in total. The van der Waals surface area contributed by atoms with Crippen molar-refractivity contribution in [2.45, 2.75) is 18.5 Å². The summed E-state index contributed by atoms with van der Waals surface area (Å²) in [6.45, 7) is 1.52. The highest BCUT2D eigenvalue weighted by Gasteiger charge is 2.62. The largest absolute Gasteiger partial charge is 0.497 e. The summed E-state index contributed by atoms with van der Waals surface area (Å²) in [6, 6.07) is 12.4. The monoisotopic (exact) mass is 408 g/mol. The van der Waals surface area contributed by atoms with Gasteiger partial charge in [-0.3, -0.25) is 19.7 Å². The van der Waals surface area contributed by atoms with Gasteiger partial charge in [-0.1, -0.05) is 12.1 Å². The molecule has 9 heteroatoms. The summed E-state index contributed by atoms with van der Waals surface area (Å²) in [4.78, 5) is 38.4. The number of carbonyl (C=O) groups is 2. The van der Waals surface area contributed by atoms with Crippen molar-refractivity contribution in [3.05, 3.63) is 64.2 Å². The van der Waals surface area contributed by atoms with Crippen LogP contribution in [0.3, 0.4) is 0 Å². The van der Waals surface area contributed by atoms with E-state index in [4.69, 9.17) is 4.74 Å². The Bertz CT molecular complexity index is 1020. The lowest BCUT2D eigenvalue weighted by atomic mass is 9.90. The summed E-state index contributed by atoms with van der Waals surface area (Å²) in [5.74, 6) is -0.342. The van der Waals surface area contributed by atoms with E-state index in [1.807, 2.05) is 29.3 Å². The molecule has 0 radical (unpaired) electrons. The fourth-order valence-corrected chi connectivity index (χ4v) is 4.89. The van der Waals surface area contributed by atoms with Crippen LogP contribution in [-0.2, 0) is 9.59 Å². The van der Waals surface area contributed by atoms with Crippen LogP contribution in [-0.4, -0.2) is 53.0 Å². The summed E-state index contributed by atoms with van der Waals surface area (Å²) in [5, 5.41) is 15.1. The van der Waals surface area contributed by atoms with Gasteiger partial charge in [0.2, 0.25) is 5.91 Å². The number of hydrogen-bond donors (Lipinski definition) is 0. The van der Waals surface area contributed by atoms with Crippen molar-refractivity contribution >= 4 is 23.2 Å². The Morgan fingerprint density at radius 2 is 1.57 bits per heavy atom. The molecular weight excluding hydrogens is 388 g/mol. The van der Waals surface area contributed by atoms with E-state index in [2.05, 4.69) is 5.01 Å². The first kappa shape index (κ1) is 18.7. The maximum absolute atomic E-state index is 13.4. The molecule has 3 saturated heterocycles. The first-order valence-electron chi connectivity index (χ1n) is 9.80. The Morgan fingerprint density at radius 3 is 2.17 bits per heavy atom. The molecule has 0 unspecified atom stereocenters. The van der Waals surface area contributed by atoms with E-state index in [-0.39, 0.29) is 23.5 Å². The molecule has 3 aliphatic heterocycles. The number of hydrazine groups is 1. The van der Waals surface area contributed by atoms with Gasteiger partial charge in [0.15, 0.2) is 0 Å².